The van der Waals surface area contributed by atoms with Crippen LogP contribution in [-0.4, -0.2) is 17.9 Å². The lowest BCUT2D eigenvalue weighted by Gasteiger charge is -2.14. The van der Waals surface area contributed by atoms with Crippen LogP contribution in [0.3, 0.4) is 0 Å². The molecule has 0 atom stereocenters. The largest absolute Gasteiger partial charge is 0.541 e. The Hall–Kier alpha value is -0.570. The van der Waals surface area contributed by atoms with Crippen LogP contribution in [0.5, 0.6) is 0 Å². The highest BCUT2D eigenvalue weighted by Gasteiger charge is 2.47. The predicted molar refractivity (Wildman–Crippen MR) is 16.1 cm³/mol. The van der Waals surface area contributed by atoms with Gasteiger partial charge in [0.1, 0.15) is 0 Å². The summed E-state index contributed by atoms with van der Waals surface area (Å²) in [4.78, 5) is 1.84. The average Bonchev–Trinajstić information content (AvgIpc) is 1.56. The molecule has 0 aliphatic carbocycles. The third kappa shape index (κ3) is 4.79. The summed E-state index contributed by atoms with van der Waals surface area (Å²) in [5, 5.41) is -2.73. The number of nitrogens with zero attached hydrogens (tertiary/aromatic N) is 1. The zero-order valence-electron chi connectivity index (χ0n) is 4.50. The Kier molecular flexibility index (Phi) is 2.67. The van der Waals surface area contributed by atoms with Crippen LogP contribution in [0.25, 0.3) is 0 Å². The standard InChI is InChI=1S/C2F7NO/c3-1(4,5)10(9)11-2(6,7)8. The van der Waals surface area contributed by atoms with E-state index in [1.807, 2.05) is 4.84 Å². The first-order valence-corrected chi connectivity index (χ1v) is 1.91. The van der Waals surface area contributed by atoms with Crippen molar-refractivity contribution in [2.45, 2.75) is 12.7 Å². The van der Waals surface area contributed by atoms with Gasteiger partial charge >= 0.3 is 12.7 Å². The fourth-order valence-corrected chi connectivity index (χ4v) is 0.143. The summed E-state index contributed by atoms with van der Waals surface area (Å²) >= 11 is 0. The maximum atomic E-state index is 11.2. The highest BCUT2D eigenvalue weighted by molar-refractivity contribution is 4.31. The molecule has 0 unspecified atom stereocenters. The maximum Gasteiger partial charge on any atom is 0.541 e. The first-order chi connectivity index (χ1) is 4.63. The molecule has 2 nitrogen and oxygen atoms in total. The predicted octanol–water partition coefficient (Wildman–Crippen LogP) is 2.14. The van der Waals surface area contributed by atoms with E-state index in [4.69, 9.17) is 0 Å². The second kappa shape index (κ2) is 2.81. The minimum absolute atomic E-state index is 1.84. The van der Waals surface area contributed by atoms with Gasteiger partial charge in [0.2, 0.25) is 0 Å². The highest BCUT2D eigenvalue weighted by Crippen LogP contribution is 2.27. The molecule has 0 aliphatic rings. The molecule has 0 amide bonds. The number of alkyl halides is 6. The van der Waals surface area contributed by atoms with E-state index < -0.39 is 17.9 Å². The second-order valence-electron chi connectivity index (χ2n) is 1.25. The molecule has 0 heterocycles. The van der Waals surface area contributed by atoms with Crippen molar-refractivity contribution in [2.24, 2.45) is 0 Å². The van der Waals surface area contributed by atoms with E-state index in [0.29, 0.717) is 0 Å². The number of hydrogen-bond donors (Lipinski definition) is 0. The fourth-order valence-electron chi connectivity index (χ4n) is 0.143. The quantitative estimate of drug-likeness (QED) is 0.270. The molecule has 0 aliphatic heterocycles. The molecule has 0 N–H and O–H groups in total. The van der Waals surface area contributed by atoms with Crippen molar-refractivity contribution in [3.63, 3.8) is 0 Å². The first-order valence-electron chi connectivity index (χ1n) is 1.91. The number of hydroxylamine groups is 1. The molecular formula is C2F7NO. The van der Waals surface area contributed by atoms with Crippen LogP contribution in [0, 0.1) is 0 Å². The molecule has 0 rings (SSSR count). The zero-order chi connectivity index (χ0) is 9.28. The summed E-state index contributed by atoms with van der Waals surface area (Å²) in [7, 11) is 0. The van der Waals surface area contributed by atoms with Crippen LogP contribution in [0.4, 0.5) is 30.8 Å². The Morgan fingerprint density at radius 2 is 1.27 bits per heavy atom. The van der Waals surface area contributed by atoms with Gasteiger partial charge in [-0.1, -0.05) is 4.48 Å². The highest BCUT2D eigenvalue weighted by atomic mass is 19.4. The summed E-state index contributed by atoms with van der Waals surface area (Å²) in [6.07, 6.45) is -11.5. The molecule has 0 aromatic carbocycles. The van der Waals surface area contributed by atoms with Crippen LogP contribution >= 0.6 is 0 Å². The lowest BCUT2D eigenvalue weighted by molar-refractivity contribution is -0.536. The Labute approximate surface area is 55.0 Å². The van der Waals surface area contributed by atoms with Gasteiger partial charge in [0, 0.05) is 0 Å². The van der Waals surface area contributed by atoms with Gasteiger partial charge in [-0.05, 0) is 0 Å². The van der Waals surface area contributed by atoms with Crippen molar-refractivity contribution in [1.82, 2.24) is 5.29 Å². The third-order valence-electron chi connectivity index (χ3n) is 0.383. The van der Waals surface area contributed by atoms with E-state index in [1.165, 1.54) is 0 Å². The van der Waals surface area contributed by atoms with Crippen molar-refractivity contribution in [3.05, 3.63) is 0 Å². The van der Waals surface area contributed by atoms with Gasteiger partial charge in [0.05, 0.1) is 5.29 Å². The molecule has 68 valence electrons. The topological polar surface area (TPSA) is 12.5 Å². The van der Waals surface area contributed by atoms with Gasteiger partial charge in [0.25, 0.3) is 0 Å². The van der Waals surface area contributed by atoms with Gasteiger partial charge in [-0.25, -0.2) is 0 Å². The second-order valence-corrected chi connectivity index (χ2v) is 1.25. The summed E-state index contributed by atoms with van der Waals surface area (Å²) < 4.78 is 76.4. The van der Waals surface area contributed by atoms with Gasteiger partial charge in [-0.3, -0.25) is 0 Å². The number of halogens is 7. The van der Waals surface area contributed by atoms with Gasteiger partial charge in [0.15, 0.2) is 0 Å². The molecule has 0 spiro atoms. The van der Waals surface area contributed by atoms with Crippen LogP contribution in [0.15, 0.2) is 0 Å². The average molecular weight is 187 g/mol. The Morgan fingerprint density at radius 3 is 1.36 bits per heavy atom. The van der Waals surface area contributed by atoms with Crippen molar-refractivity contribution in [2.75, 3.05) is 0 Å². The van der Waals surface area contributed by atoms with E-state index in [2.05, 4.69) is 0 Å². The number of rotatable bonds is 1. The van der Waals surface area contributed by atoms with Gasteiger partial charge in [-0.2, -0.15) is 18.0 Å². The minimum Gasteiger partial charge on any atom is -0.162 e. The molecule has 0 radical (unpaired) electrons. The van der Waals surface area contributed by atoms with Crippen molar-refractivity contribution in [3.8, 4) is 0 Å². The van der Waals surface area contributed by atoms with E-state index >= 15 is 0 Å². The molecule has 0 bridgehead atoms. The SMILES string of the molecule is FN(OC(F)(F)F)C(F)(F)F. The summed E-state index contributed by atoms with van der Waals surface area (Å²) in [6.45, 7) is 0. The van der Waals surface area contributed by atoms with Crippen LogP contribution in [0.2, 0.25) is 0 Å². The minimum atomic E-state index is -5.81. The van der Waals surface area contributed by atoms with Crippen LogP contribution < -0.4 is 0 Å². The number of hydrogen-bond acceptors (Lipinski definition) is 2. The van der Waals surface area contributed by atoms with E-state index in [0.717, 1.165) is 0 Å². The fraction of sp³-hybridized carbons (Fsp3) is 1.00. The van der Waals surface area contributed by atoms with E-state index in [-0.39, 0.29) is 0 Å². The summed E-state index contributed by atoms with van der Waals surface area (Å²) in [5.74, 6) is 0. The van der Waals surface area contributed by atoms with Gasteiger partial charge in [-0.15, -0.1) is 13.2 Å². The Balaban J connectivity index is 3.99. The first kappa shape index (κ1) is 10.4. The third-order valence-corrected chi connectivity index (χ3v) is 0.383. The zero-order valence-corrected chi connectivity index (χ0v) is 4.50. The summed E-state index contributed by atoms with van der Waals surface area (Å²) in [5.41, 5.74) is 0. The van der Waals surface area contributed by atoms with Crippen molar-refractivity contribution < 1.29 is 35.7 Å². The Bertz CT molecular complexity index is 125. The normalized spacial score (nSPS) is 14.2. The molecule has 0 aromatic heterocycles. The van der Waals surface area contributed by atoms with Crippen molar-refractivity contribution in [1.29, 1.82) is 0 Å². The lowest BCUT2D eigenvalue weighted by Crippen LogP contribution is -2.35. The van der Waals surface area contributed by atoms with Crippen LogP contribution in [0.1, 0.15) is 0 Å². The smallest absolute Gasteiger partial charge is 0.162 e. The molecule has 9 heteroatoms. The van der Waals surface area contributed by atoms with E-state index in [9.17, 15) is 30.8 Å². The van der Waals surface area contributed by atoms with Gasteiger partial charge < -0.3 is 0 Å². The Morgan fingerprint density at radius 1 is 0.909 bits per heavy atom. The molecule has 0 saturated carbocycles. The summed E-state index contributed by atoms with van der Waals surface area (Å²) in [6, 6.07) is 0. The molecule has 0 saturated heterocycles. The molecule has 0 aromatic rings. The van der Waals surface area contributed by atoms with Crippen molar-refractivity contribution >= 4 is 0 Å². The van der Waals surface area contributed by atoms with Crippen LogP contribution in [-0.2, 0) is 4.84 Å². The lowest BCUT2D eigenvalue weighted by atomic mass is 11.2. The van der Waals surface area contributed by atoms with E-state index in [1.54, 1.807) is 0 Å². The molecular weight excluding hydrogens is 187 g/mol. The molecule has 0 fully saturated rings. The monoisotopic (exact) mass is 187 g/mol. The maximum absolute atomic E-state index is 11.2. The molecule has 11 heavy (non-hydrogen) atoms.